The van der Waals surface area contributed by atoms with Crippen LogP contribution in [-0.4, -0.2) is 5.11 Å². The molecule has 1 N–H and O–H groups in total. The Morgan fingerprint density at radius 2 is 2.19 bits per heavy atom. The van der Waals surface area contributed by atoms with Crippen LogP contribution in [0.4, 0.5) is 0 Å². The molecule has 0 fully saturated rings. The third-order valence-electron chi connectivity index (χ3n) is 2.61. The monoisotopic (exact) mass is 236 g/mol. The molecular weight excluding hydrogens is 224 g/mol. The summed E-state index contributed by atoms with van der Waals surface area (Å²) in [7, 11) is 0. The molecule has 0 aliphatic rings. The van der Waals surface area contributed by atoms with Gasteiger partial charge in [-0.2, -0.15) is 0 Å². The van der Waals surface area contributed by atoms with Crippen molar-refractivity contribution in [2.75, 3.05) is 0 Å². The van der Waals surface area contributed by atoms with E-state index in [1.165, 1.54) is 0 Å². The molecule has 1 aromatic heterocycles. The maximum Gasteiger partial charge on any atom is 0.0935 e. The molecule has 2 rings (SSSR count). The minimum Gasteiger partial charge on any atom is -0.472 e. The Bertz CT molecular complexity index is 463. The van der Waals surface area contributed by atoms with Crippen LogP contribution in [0, 0.1) is 6.92 Å². The molecule has 0 saturated carbocycles. The van der Waals surface area contributed by atoms with Gasteiger partial charge in [-0.15, -0.1) is 0 Å². The standard InChI is InChI=1S/C13H13ClO2/c1-9-2-3-11(14)7-12(9)13(15)6-10-4-5-16-8-10/h2-5,7-8,13,15H,6H2,1H3. The van der Waals surface area contributed by atoms with Crippen LogP contribution in [0.15, 0.2) is 41.2 Å². The summed E-state index contributed by atoms with van der Waals surface area (Å²) in [6, 6.07) is 7.39. The van der Waals surface area contributed by atoms with Gasteiger partial charge in [0.1, 0.15) is 0 Å². The van der Waals surface area contributed by atoms with Gasteiger partial charge in [0.15, 0.2) is 0 Å². The minimum atomic E-state index is -0.545. The van der Waals surface area contributed by atoms with E-state index in [2.05, 4.69) is 0 Å². The fourth-order valence-corrected chi connectivity index (χ4v) is 1.89. The van der Waals surface area contributed by atoms with Crippen LogP contribution >= 0.6 is 11.6 Å². The lowest BCUT2D eigenvalue weighted by Gasteiger charge is -2.13. The van der Waals surface area contributed by atoms with Crippen molar-refractivity contribution in [3.63, 3.8) is 0 Å². The summed E-state index contributed by atoms with van der Waals surface area (Å²) >= 11 is 5.91. The molecule has 16 heavy (non-hydrogen) atoms. The normalized spacial score (nSPS) is 12.7. The SMILES string of the molecule is Cc1ccc(Cl)cc1C(O)Cc1ccoc1. The van der Waals surface area contributed by atoms with E-state index in [-0.39, 0.29) is 0 Å². The summed E-state index contributed by atoms with van der Waals surface area (Å²) in [5.41, 5.74) is 2.89. The lowest BCUT2D eigenvalue weighted by molar-refractivity contribution is 0.177. The highest BCUT2D eigenvalue weighted by atomic mass is 35.5. The minimum absolute atomic E-state index is 0.539. The Kier molecular flexibility index (Phi) is 3.32. The number of rotatable bonds is 3. The van der Waals surface area contributed by atoms with Crippen molar-refractivity contribution in [2.24, 2.45) is 0 Å². The molecule has 0 amide bonds. The third-order valence-corrected chi connectivity index (χ3v) is 2.84. The molecule has 0 saturated heterocycles. The highest BCUT2D eigenvalue weighted by Crippen LogP contribution is 2.24. The van der Waals surface area contributed by atoms with Crippen molar-refractivity contribution < 1.29 is 9.52 Å². The molecule has 2 aromatic rings. The molecule has 0 aliphatic carbocycles. The van der Waals surface area contributed by atoms with E-state index in [0.29, 0.717) is 11.4 Å². The van der Waals surface area contributed by atoms with Gasteiger partial charge in [0, 0.05) is 11.4 Å². The van der Waals surface area contributed by atoms with Crippen LogP contribution in [0.3, 0.4) is 0 Å². The molecule has 1 aromatic carbocycles. The van der Waals surface area contributed by atoms with Crippen LogP contribution in [-0.2, 0) is 6.42 Å². The number of hydrogen-bond donors (Lipinski definition) is 1. The van der Waals surface area contributed by atoms with Crippen molar-refractivity contribution in [1.82, 2.24) is 0 Å². The first-order chi connectivity index (χ1) is 7.66. The molecule has 1 atom stereocenters. The van der Waals surface area contributed by atoms with E-state index in [0.717, 1.165) is 16.7 Å². The average molecular weight is 237 g/mol. The quantitative estimate of drug-likeness (QED) is 0.885. The van der Waals surface area contributed by atoms with Gasteiger partial charge in [-0.3, -0.25) is 0 Å². The Morgan fingerprint density at radius 1 is 1.38 bits per heavy atom. The number of aliphatic hydroxyl groups is 1. The smallest absolute Gasteiger partial charge is 0.0935 e. The zero-order valence-electron chi connectivity index (χ0n) is 8.98. The second-order valence-corrected chi connectivity index (χ2v) is 4.29. The Morgan fingerprint density at radius 3 is 2.88 bits per heavy atom. The van der Waals surface area contributed by atoms with Crippen LogP contribution in [0.25, 0.3) is 0 Å². The van der Waals surface area contributed by atoms with Gasteiger partial charge in [0.2, 0.25) is 0 Å². The van der Waals surface area contributed by atoms with E-state index in [1.807, 2.05) is 31.2 Å². The van der Waals surface area contributed by atoms with E-state index in [4.69, 9.17) is 16.0 Å². The fourth-order valence-electron chi connectivity index (χ4n) is 1.71. The van der Waals surface area contributed by atoms with Crippen LogP contribution in [0.1, 0.15) is 22.8 Å². The van der Waals surface area contributed by atoms with Crippen LogP contribution in [0.2, 0.25) is 5.02 Å². The second-order valence-electron chi connectivity index (χ2n) is 3.85. The van der Waals surface area contributed by atoms with Gasteiger partial charge < -0.3 is 9.52 Å². The van der Waals surface area contributed by atoms with Gasteiger partial charge in [0.25, 0.3) is 0 Å². The molecule has 0 radical (unpaired) electrons. The van der Waals surface area contributed by atoms with E-state index in [1.54, 1.807) is 12.5 Å². The number of aliphatic hydroxyl groups excluding tert-OH is 1. The highest BCUT2D eigenvalue weighted by Gasteiger charge is 2.12. The first-order valence-electron chi connectivity index (χ1n) is 5.12. The van der Waals surface area contributed by atoms with Crippen LogP contribution in [0.5, 0.6) is 0 Å². The van der Waals surface area contributed by atoms with Gasteiger partial charge in [0.05, 0.1) is 18.6 Å². The highest BCUT2D eigenvalue weighted by molar-refractivity contribution is 6.30. The molecule has 3 heteroatoms. The van der Waals surface area contributed by atoms with E-state index in [9.17, 15) is 5.11 Å². The lowest BCUT2D eigenvalue weighted by atomic mass is 9.99. The molecule has 0 spiro atoms. The molecule has 84 valence electrons. The van der Waals surface area contributed by atoms with Gasteiger partial charge in [-0.1, -0.05) is 17.7 Å². The zero-order valence-corrected chi connectivity index (χ0v) is 9.74. The molecule has 0 aliphatic heterocycles. The zero-order chi connectivity index (χ0) is 11.5. The van der Waals surface area contributed by atoms with E-state index >= 15 is 0 Å². The fraction of sp³-hybridized carbons (Fsp3) is 0.231. The van der Waals surface area contributed by atoms with Gasteiger partial charge >= 0.3 is 0 Å². The van der Waals surface area contributed by atoms with Crippen LogP contribution < -0.4 is 0 Å². The van der Waals surface area contributed by atoms with E-state index < -0.39 is 6.10 Å². The molecule has 1 heterocycles. The topological polar surface area (TPSA) is 33.4 Å². The molecular formula is C13H13ClO2. The summed E-state index contributed by atoms with van der Waals surface area (Å²) in [5.74, 6) is 0. The summed E-state index contributed by atoms with van der Waals surface area (Å²) in [6.45, 7) is 1.96. The number of benzene rings is 1. The average Bonchev–Trinajstić information content (AvgIpc) is 2.74. The number of hydrogen-bond acceptors (Lipinski definition) is 2. The van der Waals surface area contributed by atoms with Crippen molar-refractivity contribution in [3.8, 4) is 0 Å². The Balaban J connectivity index is 2.20. The lowest BCUT2D eigenvalue weighted by Crippen LogP contribution is -2.03. The first kappa shape index (κ1) is 11.2. The molecule has 1 unspecified atom stereocenters. The van der Waals surface area contributed by atoms with Crippen molar-refractivity contribution >= 4 is 11.6 Å². The first-order valence-corrected chi connectivity index (χ1v) is 5.50. The Labute approximate surface area is 99.5 Å². The van der Waals surface area contributed by atoms with Crippen molar-refractivity contribution in [2.45, 2.75) is 19.4 Å². The van der Waals surface area contributed by atoms with Gasteiger partial charge in [-0.05, 0) is 41.8 Å². The summed E-state index contributed by atoms with van der Waals surface area (Å²) in [5, 5.41) is 10.7. The van der Waals surface area contributed by atoms with Crippen molar-refractivity contribution in [3.05, 3.63) is 58.5 Å². The largest absolute Gasteiger partial charge is 0.472 e. The predicted octanol–water partition coefficient (Wildman–Crippen LogP) is 3.52. The number of halogens is 1. The molecule has 0 bridgehead atoms. The van der Waals surface area contributed by atoms with Gasteiger partial charge in [-0.25, -0.2) is 0 Å². The maximum atomic E-state index is 10.1. The number of furan rings is 1. The maximum absolute atomic E-state index is 10.1. The van der Waals surface area contributed by atoms with Crippen molar-refractivity contribution in [1.29, 1.82) is 0 Å². The number of aryl methyl sites for hydroxylation is 1. The predicted molar refractivity (Wildman–Crippen MR) is 63.6 cm³/mol. The summed E-state index contributed by atoms with van der Waals surface area (Å²) in [4.78, 5) is 0. The second kappa shape index (κ2) is 4.73. The third kappa shape index (κ3) is 2.46. The Hall–Kier alpha value is -1.25. The molecule has 2 nitrogen and oxygen atoms in total. The summed E-state index contributed by atoms with van der Waals surface area (Å²) in [6.07, 6.45) is 3.24. The summed E-state index contributed by atoms with van der Waals surface area (Å²) < 4.78 is 4.97.